The molecule has 5 nitrogen and oxygen atoms in total. The SMILES string of the molecule is COc1ccc([C@@H]2C3=C(N=c4s/c(=C/c5cc(-c6ccccc6)n(-c6ccc(Br)cc6)c5-c5ccccc5)c(=O)n42)c2ccccc2CC3)cc1. The zero-order valence-electron chi connectivity index (χ0n) is 27.8. The molecule has 7 heteroatoms. The predicted molar refractivity (Wildman–Crippen MR) is 210 cm³/mol. The number of hydrogen-bond acceptors (Lipinski definition) is 4. The van der Waals surface area contributed by atoms with Gasteiger partial charge in [-0.2, -0.15) is 0 Å². The van der Waals surface area contributed by atoms with Gasteiger partial charge >= 0.3 is 0 Å². The standard InChI is InChI=1S/C44H32BrN3O2S/c1-50-35-23-16-31(17-24-35)42-37-25-18-28-10-8-9-15-36(28)40(37)46-44-48(42)43(49)39(51-44)27-32-26-38(29-11-4-2-5-12-29)47(34-21-19-33(45)20-22-34)41(32)30-13-6-3-7-14-30/h2-17,19-24,26-27,42H,18,25H2,1H3/b39-27+/t42-/m1/s1. The van der Waals surface area contributed by atoms with Gasteiger partial charge in [-0.05, 0) is 89.2 Å². The lowest BCUT2D eigenvalue weighted by Gasteiger charge is -2.30. The molecular weight excluding hydrogens is 714 g/mol. The van der Waals surface area contributed by atoms with Gasteiger partial charge in [-0.1, -0.05) is 124 Å². The Balaban J connectivity index is 1.31. The number of rotatable bonds is 6. The molecule has 5 aromatic carbocycles. The van der Waals surface area contributed by atoms with Crippen LogP contribution >= 0.6 is 27.3 Å². The summed E-state index contributed by atoms with van der Waals surface area (Å²) in [6.45, 7) is 0. The molecule has 1 aliphatic carbocycles. The lowest BCUT2D eigenvalue weighted by molar-refractivity contribution is 0.414. The maximum Gasteiger partial charge on any atom is 0.271 e. The Morgan fingerprint density at radius 2 is 1.49 bits per heavy atom. The molecule has 2 aromatic heterocycles. The molecule has 0 unspecified atom stereocenters. The highest BCUT2D eigenvalue weighted by Gasteiger charge is 2.32. The van der Waals surface area contributed by atoms with Crippen LogP contribution in [0.2, 0.25) is 0 Å². The van der Waals surface area contributed by atoms with Crippen molar-refractivity contribution < 1.29 is 4.74 Å². The summed E-state index contributed by atoms with van der Waals surface area (Å²) in [5.41, 5.74) is 11.8. The molecule has 0 fully saturated rings. The summed E-state index contributed by atoms with van der Waals surface area (Å²) in [6, 6.07) is 47.8. The first-order chi connectivity index (χ1) is 25.1. The molecule has 1 atom stereocenters. The summed E-state index contributed by atoms with van der Waals surface area (Å²) in [5.74, 6) is 0.785. The van der Waals surface area contributed by atoms with Crippen molar-refractivity contribution in [3.05, 3.63) is 192 Å². The molecule has 7 aromatic rings. The monoisotopic (exact) mass is 745 g/mol. The summed E-state index contributed by atoms with van der Waals surface area (Å²) >= 11 is 5.08. The van der Waals surface area contributed by atoms with Crippen LogP contribution in [-0.4, -0.2) is 16.2 Å². The van der Waals surface area contributed by atoms with Crippen LogP contribution < -0.4 is 19.6 Å². The van der Waals surface area contributed by atoms with E-state index in [9.17, 15) is 4.79 Å². The van der Waals surface area contributed by atoms with Crippen molar-refractivity contribution in [2.75, 3.05) is 7.11 Å². The minimum Gasteiger partial charge on any atom is -0.497 e. The number of nitrogens with zero attached hydrogens (tertiary/aromatic N) is 3. The molecule has 51 heavy (non-hydrogen) atoms. The molecular formula is C44H32BrN3O2S. The van der Waals surface area contributed by atoms with Crippen molar-refractivity contribution in [3.63, 3.8) is 0 Å². The minimum atomic E-state index is -0.265. The van der Waals surface area contributed by atoms with E-state index in [0.717, 1.165) is 73.7 Å². The number of aryl methyl sites for hydroxylation is 1. The van der Waals surface area contributed by atoms with Crippen molar-refractivity contribution >= 4 is 39.0 Å². The largest absolute Gasteiger partial charge is 0.497 e. The fraction of sp³-hybridized carbons (Fsp3) is 0.0909. The molecule has 0 bridgehead atoms. The Labute approximate surface area is 307 Å². The second-order valence-corrected chi connectivity index (χ2v) is 14.7. The first-order valence-electron chi connectivity index (χ1n) is 17.0. The normalized spacial score (nSPS) is 15.2. The Morgan fingerprint density at radius 3 is 2.22 bits per heavy atom. The fourth-order valence-corrected chi connectivity index (χ4v) is 8.72. The van der Waals surface area contributed by atoms with Crippen LogP contribution in [0.15, 0.2) is 159 Å². The quantitative estimate of drug-likeness (QED) is 0.171. The first-order valence-corrected chi connectivity index (χ1v) is 18.6. The van der Waals surface area contributed by atoms with E-state index in [1.165, 1.54) is 22.5 Å². The number of benzene rings is 5. The van der Waals surface area contributed by atoms with Gasteiger partial charge in [-0.3, -0.25) is 9.36 Å². The summed E-state index contributed by atoms with van der Waals surface area (Å²) in [6.07, 6.45) is 3.81. The molecule has 0 spiro atoms. The van der Waals surface area contributed by atoms with Crippen LogP contribution in [0.4, 0.5) is 0 Å². The Morgan fingerprint density at radius 1 is 0.804 bits per heavy atom. The third-order valence-electron chi connectivity index (χ3n) is 9.82. The van der Waals surface area contributed by atoms with E-state index >= 15 is 0 Å². The van der Waals surface area contributed by atoms with Gasteiger partial charge in [0.25, 0.3) is 5.56 Å². The molecule has 2 aliphatic rings. The predicted octanol–water partition coefficient (Wildman–Crippen LogP) is 9.21. The van der Waals surface area contributed by atoms with Crippen molar-refractivity contribution in [2.24, 2.45) is 4.99 Å². The Bertz CT molecular complexity index is 2640. The average Bonchev–Trinajstić information content (AvgIpc) is 3.71. The lowest BCUT2D eigenvalue weighted by Crippen LogP contribution is -2.38. The van der Waals surface area contributed by atoms with Gasteiger partial charge in [-0.25, -0.2) is 4.99 Å². The lowest BCUT2D eigenvalue weighted by atomic mass is 9.83. The highest BCUT2D eigenvalue weighted by atomic mass is 79.9. The number of hydrogen-bond donors (Lipinski definition) is 0. The topological polar surface area (TPSA) is 48.5 Å². The molecule has 0 saturated heterocycles. The van der Waals surface area contributed by atoms with Crippen molar-refractivity contribution in [2.45, 2.75) is 18.9 Å². The van der Waals surface area contributed by atoms with E-state index in [0.29, 0.717) is 9.33 Å². The summed E-state index contributed by atoms with van der Waals surface area (Å²) in [4.78, 5) is 20.7. The second kappa shape index (κ2) is 13.0. The molecule has 0 N–H and O–H groups in total. The van der Waals surface area contributed by atoms with Crippen molar-refractivity contribution in [1.29, 1.82) is 0 Å². The number of ether oxygens (including phenoxy) is 1. The number of allylic oxidation sites excluding steroid dienone is 1. The third kappa shape index (κ3) is 5.54. The summed E-state index contributed by atoms with van der Waals surface area (Å²) in [7, 11) is 1.67. The van der Waals surface area contributed by atoms with Crippen LogP contribution in [-0.2, 0) is 6.42 Å². The average molecular weight is 747 g/mol. The molecule has 0 saturated carbocycles. The van der Waals surface area contributed by atoms with E-state index in [1.54, 1.807) is 7.11 Å². The van der Waals surface area contributed by atoms with Gasteiger partial charge < -0.3 is 9.30 Å². The number of thiazole rings is 1. The summed E-state index contributed by atoms with van der Waals surface area (Å²) in [5, 5.41) is 0. The molecule has 3 heterocycles. The van der Waals surface area contributed by atoms with Crippen LogP contribution in [0.1, 0.15) is 34.7 Å². The molecule has 0 amide bonds. The van der Waals surface area contributed by atoms with Crippen LogP contribution in [0, 0.1) is 0 Å². The van der Waals surface area contributed by atoms with Gasteiger partial charge in [-0.15, -0.1) is 0 Å². The van der Waals surface area contributed by atoms with E-state index in [2.05, 4.69) is 142 Å². The Hall–Kier alpha value is -5.50. The highest BCUT2D eigenvalue weighted by molar-refractivity contribution is 9.10. The number of halogens is 1. The van der Waals surface area contributed by atoms with Gasteiger partial charge in [0.1, 0.15) is 5.75 Å². The summed E-state index contributed by atoms with van der Waals surface area (Å²) < 4.78 is 11.4. The second-order valence-electron chi connectivity index (χ2n) is 12.8. The molecule has 0 radical (unpaired) electrons. The van der Waals surface area contributed by atoms with Crippen molar-refractivity contribution in [3.8, 4) is 34.0 Å². The van der Waals surface area contributed by atoms with E-state index in [4.69, 9.17) is 9.73 Å². The first kappa shape index (κ1) is 31.5. The van der Waals surface area contributed by atoms with Gasteiger partial charge in [0.2, 0.25) is 0 Å². The maximum absolute atomic E-state index is 14.8. The molecule has 248 valence electrons. The van der Waals surface area contributed by atoms with Gasteiger partial charge in [0.05, 0.1) is 34.8 Å². The number of fused-ring (bicyclic) bond motifs is 3. The highest BCUT2D eigenvalue weighted by Crippen LogP contribution is 2.42. The van der Waals surface area contributed by atoms with E-state index < -0.39 is 0 Å². The molecule has 9 rings (SSSR count). The molecule has 1 aliphatic heterocycles. The number of aromatic nitrogens is 2. The number of methoxy groups -OCH3 is 1. The zero-order chi connectivity index (χ0) is 34.5. The van der Waals surface area contributed by atoms with E-state index in [1.807, 2.05) is 28.8 Å². The smallest absolute Gasteiger partial charge is 0.271 e. The fourth-order valence-electron chi connectivity index (χ4n) is 7.46. The van der Waals surface area contributed by atoms with Crippen LogP contribution in [0.25, 0.3) is 40.0 Å². The third-order valence-corrected chi connectivity index (χ3v) is 11.3. The van der Waals surface area contributed by atoms with Gasteiger partial charge in [0.15, 0.2) is 4.80 Å². The van der Waals surface area contributed by atoms with Crippen LogP contribution in [0.3, 0.4) is 0 Å². The zero-order valence-corrected chi connectivity index (χ0v) is 30.2. The van der Waals surface area contributed by atoms with Crippen molar-refractivity contribution in [1.82, 2.24) is 9.13 Å². The minimum absolute atomic E-state index is 0.0401. The van der Waals surface area contributed by atoms with Crippen LogP contribution in [0.5, 0.6) is 5.75 Å². The maximum atomic E-state index is 14.8. The van der Waals surface area contributed by atoms with Gasteiger partial charge in [0, 0.05) is 21.3 Å². The van der Waals surface area contributed by atoms with E-state index in [-0.39, 0.29) is 11.6 Å². The Kier molecular flexibility index (Phi) is 8.02.